The first-order valence-corrected chi connectivity index (χ1v) is 9.66. The molecule has 0 radical (unpaired) electrons. The molecule has 0 aliphatic carbocycles. The van der Waals surface area contributed by atoms with Crippen molar-refractivity contribution in [2.45, 2.75) is 13.0 Å². The Bertz CT molecular complexity index is 944. The summed E-state index contributed by atoms with van der Waals surface area (Å²) in [6.07, 6.45) is -0.981. The minimum absolute atomic E-state index is 0.311. The van der Waals surface area contributed by atoms with Crippen LogP contribution in [0.25, 0.3) is 11.3 Å². The summed E-state index contributed by atoms with van der Waals surface area (Å²) < 4.78 is 10.4. The van der Waals surface area contributed by atoms with E-state index in [0.717, 1.165) is 11.3 Å². The summed E-state index contributed by atoms with van der Waals surface area (Å²) in [6.45, 7) is 1.18. The van der Waals surface area contributed by atoms with Gasteiger partial charge in [-0.3, -0.25) is 10.1 Å². The van der Waals surface area contributed by atoms with E-state index in [1.54, 1.807) is 24.3 Å². The molecule has 0 saturated carbocycles. The molecule has 144 valence electrons. The van der Waals surface area contributed by atoms with E-state index >= 15 is 0 Å². The Labute approximate surface area is 171 Å². The Balaban J connectivity index is 1.48. The van der Waals surface area contributed by atoms with Crippen LogP contribution in [-0.4, -0.2) is 29.6 Å². The maximum atomic E-state index is 12.2. The number of halogens is 1. The number of rotatable bonds is 7. The van der Waals surface area contributed by atoms with E-state index in [-0.39, 0.29) is 6.61 Å². The van der Waals surface area contributed by atoms with Crippen molar-refractivity contribution in [3.63, 3.8) is 0 Å². The second kappa shape index (κ2) is 9.34. The predicted molar refractivity (Wildman–Crippen MR) is 109 cm³/mol. The summed E-state index contributed by atoms with van der Waals surface area (Å²) in [5, 5.41) is 5.50. The van der Waals surface area contributed by atoms with Crippen molar-refractivity contribution in [1.82, 2.24) is 4.98 Å². The molecule has 0 fully saturated rings. The second-order valence-electron chi connectivity index (χ2n) is 5.77. The minimum atomic E-state index is -0.981. The highest BCUT2D eigenvalue weighted by Crippen LogP contribution is 2.24. The number of ether oxygens (including phenoxy) is 2. The molecule has 1 N–H and O–H groups in total. The van der Waals surface area contributed by atoms with Crippen molar-refractivity contribution in [3.05, 3.63) is 65.0 Å². The fraction of sp³-hybridized carbons (Fsp3) is 0.150. The van der Waals surface area contributed by atoms with E-state index in [0.29, 0.717) is 15.9 Å². The molecule has 0 aliphatic rings. The van der Waals surface area contributed by atoms with Gasteiger partial charge in [-0.05, 0) is 31.2 Å². The number of carbonyl (C=O) groups excluding carboxylic acids is 2. The van der Waals surface area contributed by atoms with E-state index in [1.807, 2.05) is 35.7 Å². The molecule has 8 heteroatoms. The van der Waals surface area contributed by atoms with Gasteiger partial charge >= 0.3 is 5.97 Å². The summed E-state index contributed by atoms with van der Waals surface area (Å²) >= 11 is 7.08. The molecule has 3 rings (SSSR count). The molecule has 1 atom stereocenters. The third kappa shape index (κ3) is 5.55. The Morgan fingerprint density at radius 2 is 1.86 bits per heavy atom. The lowest BCUT2D eigenvalue weighted by Gasteiger charge is -2.12. The largest absolute Gasteiger partial charge is 0.482 e. The van der Waals surface area contributed by atoms with Crippen LogP contribution >= 0.6 is 22.9 Å². The first-order chi connectivity index (χ1) is 13.5. The SMILES string of the molecule is C[C@@H](OC(=O)COc1ccc(Cl)cc1)C(=O)Nc1nc(-c2ccccc2)cs1. The number of hydrogen-bond acceptors (Lipinski definition) is 6. The van der Waals surface area contributed by atoms with Crippen molar-refractivity contribution in [3.8, 4) is 17.0 Å². The predicted octanol–water partition coefficient (Wildman–Crippen LogP) is 4.41. The van der Waals surface area contributed by atoms with E-state index < -0.39 is 18.0 Å². The molecular formula is C20H17ClN2O4S. The highest BCUT2D eigenvalue weighted by molar-refractivity contribution is 7.14. The van der Waals surface area contributed by atoms with Crippen LogP contribution in [0.15, 0.2) is 60.0 Å². The second-order valence-corrected chi connectivity index (χ2v) is 7.06. The molecule has 1 heterocycles. The summed E-state index contributed by atoms with van der Waals surface area (Å²) in [6, 6.07) is 16.2. The summed E-state index contributed by atoms with van der Waals surface area (Å²) in [4.78, 5) is 28.5. The molecule has 0 spiro atoms. The molecular weight excluding hydrogens is 400 g/mol. The number of carbonyl (C=O) groups is 2. The summed E-state index contributed by atoms with van der Waals surface area (Å²) in [5.41, 5.74) is 1.72. The molecule has 1 amide bonds. The van der Waals surface area contributed by atoms with Gasteiger partial charge < -0.3 is 9.47 Å². The van der Waals surface area contributed by atoms with E-state index in [2.05, 4.69) is 10.3 Å². The van der Waals surface area contributed by atoms with Gasteiger partial charge in [0.2, 0.25) is 0 Å². The number of nitrogens with one attached hydrogen (secondary N) is 1. The lowest BCUT2D eigenvalue weighted by molar-refractivity contribution is -0.155. The zero-order valence-corrected chi connectivity index (χ0v) is 16.5. The lowest BCUT2D eigenvalue weighted by atomic mass is 10.2. The zero-order valence-electron chi connectivity index (χ0n) is 14.9. The quantitative estimate of drug-likeness (QED) is 0.577. The highest BCUT2D eigenvalue weighted by atomic mass is 35.5. The average molecular weight is 417 g/mol. The normalized spacial score (nSPS) is 11.5. The molecule has 2 aromatic carbocycles. The van der Waals surface area contributed by atoms with Crippen LogP contribution < -0.4 is 10.1 Å². The van der Waals surface area contributed by atoms with E-state index in [4.69, 9.17) is 21.1 Å². The van der Waals surface area contributed by atoms with Crippen LogP contribution in [0.2, 0.25) is 5.02 Å². The maximum Gasteiger partial charge on any atom is 0.344 e. The summed E-state index contributed by atoms with van der Waals surface area (Å²) in [5.74, 6) is -0.634. The Kier molecular flexibility index (Phi) is 6.62. The third-order valence-electron chi connectivity index (χ3n) is 3.65. The Morgan fingerprint density at radius 1 is 1.14 bits per heavy atom. The topological polar surface area (TPSA) is 77.5 Å². The molecule has 3 aromatic rings. The van der Waals surface area contributed by atoms with Crippen LogP contribution in [0.3, 0.4) is 0 Å². The number of anilines is 1. The molecule has 0 aliphatic heterocycles. The first kappa shape index (κ1) is 19.9. The average Bonchev–Trinajstić information content (AvgIpc) is 3.16. The van der Waals surface area contributed by atoms with Crippen LogP contribution in [0.4, 0.5) is 5.13 Å². The van der Waals surface area contributed by atoms with Crippen LogP contribution in [-0.2, 0) is 14.3 Å². The van der Waals surface area contributed by atoms with Crippen LogP contribution in [0, 0.1) is 0 Å². The molecule has 1 aromatic heterocycles. The van der Waals surface area contributed by atoms with Gasteiger partial charge in [0.05, 0.1) is 5.69 Å². The highest BCUT2D eigenvalue weighted by Gasteiger charge is 2.19. The smallest absolute Gasteiger partial charge is 0.344 e. The molecule has 6 nitrogen and oxygen atoms in total. The monoisotopic (exact) mass is 416 g/mol. The van der Waals surface area contributed by atoms with Gasteiger partial charge in [-0.15, -0.1) is 11.3 Å². The molecule has 28 heavy (non-hydrogen) atoms. The number of hydrogen-bond donors (Lipinski definition) is 1. The van der Waals surface area contributed by atoms with Crippen molar-refractivity contribution in [2.24, 2.45) is 0 Å². The zero-order chi connectivity index (χ0) is 19.9. The van der Waals surface area contributed by atoms with Gasteiger partial charge in [-0.25, -0.2) is 9.78 Å². The van der Waals surface area contributed by atoms with Crippen molar-refractivity contribution in [1.29, 1.82) is 0 Å². The minimum Gasteiger partial charge on any atom is -0.482 e. The van der Waals surface area contributed by atoms with Gasteiger partial charge in [0, 0.05) is 16.0 Å². The molecule has 0 bridgehead atoms. The van der Waals surface area contributed by atoms with E-state index in [9.17, 15) is 9.59 Å². The van der Waals surface area contributed by atoms with Gasteiger partial charge in [-0.1, -0.05) is 41.9 Å². The number of thiazole rings is 1. The van der Waals surface area contributed by atoms with Gasteiger partial charge in [0.1, 0.15) is 5.75 Å². The number of amides is 1. The Hall–Kier alpha value is -2.90. The van der Waals surface area contributed by atoms with E-state index in [1.165, 1.54) is 18.3 Å². The number of benzene rings is 2. The summed E-state index contributed by atoms with van der Waals surface area (Å²) in [7, 11) is 0. The molecule has 0 unspecified atom stereocenters. The maximum absolute atomic E-state index is 12.2. The van der Waals surface area contributed by atoms with Crippen molar-refractivity contribution < 1.29 is 19.1 Å². The number of aromatic nitrogens is 1. The van der Waals surface area contributed by atoms with Crippen LogP contribution in [0.5, 0.6) is 5.75 Å². The molecule has 0 saturated heterocycles. The fourth-order valence-corrected chi connectivity index (χ4v) is 3.09. The standard InChI is InChI=1S/C20H17ClN2O4S/c1-13(27-18(24)11-26-16-9-7-15(21)8-10-16)19(25)23-20-22-17(12-28-20)14-5-3-2-4-6-14/h2-10,12-13H,11H2,1H3,(H,22,23,25)/t13-/m1/s1. The van der Waals surface area contributed by atoms with Crippen molar-refractivity contribution >= 4 is 39.9 Å². The van der Waals surface area contributed by atoms with Gasteiger partial charge in [-0.2, -0.15) is 0 Å². The third-order valence-corrected chi connectivity index (χ3v) is 4.66. The lowest BCUT2D eigenvalue weighted by Crippen LogP contribution is -2.31. The van der Waals surface area contributed by atoms with Gasteiger partial charge in [0.25, 0.3) is 5.91 Å². The van der Waals surface area contributed by atoms with Gasteiger partial charge in [0.15, 0.2) is 17.8 Å². The van der Waals surface area contributed by atoms with Crippen molar-refractivity contribution in [2.75, 3.05) is 11.9 Å². The first-order valence-electron chi connectivity index (χ1n) is 8.41. The number of esters is 1. The van der Waals surface area contributed by atoms with Crippen LogP contribution in [0.1, 0.15) is 6.92 Å². The Morgan fingerprint density at radius 3 is 2.57 bits per heavy atom. The number of nitrogens with zero attached hydrogens (tertiary/aromatic N) is 1. The fourth-order valence-electron chi connectivity index (χ4n) is 2.24.